The van der Waals surface area contributed by atoms with Gasteiger partial charge in [-0.15, -0.1) is 11.3 Å². The van der Waals surface area contributed by atoms with Gasteiger partial charge in [-0.1, -0.05) is 39.7 Å². The van der Waals surface area contributed by atoms with Gasteiger partial charge in [0.25, 0.3) is 0 Å². The van der Waals surface area contributed by atoms with Crippen LogP contribution in [-0.4, -0.2) is 27.1 Å². The Bertz CT molecular complexity index is 913. The second-order valence-corrected chi connectivity index (χ2v) is 7.63. The van der Waals surface area contributed by atoms with Crippen LogP contribution in [0.5, 0.6) is 0 Å². The van der Waals surface area contributed by atoms with Gasteiger partial charge < -0.3 is 10.2 Å². The van der Waals surface area contributed by atoms with E-state index in [9.17, 15) is 19.8 Å². The topological polar surface area (TPSA) is 87.5 Å². The third kappa shape index (κ3) is 3.29. The van der Waals surface area contributed by atoms with Crippen LogP contribution < -0.4 is 0 Å². The highest BCUT2D eigenvalue weighted by Crippen LogP contribution is 2.40. The number of aliphatic carboxylic acids is 2. The monoisotopic (exact) mass is 419 g/mol. The first-order valence-corrected chi connectivity index (χ1v) is 9.08. The summed E-state index contributed by atoms with van der Waals surface area (Å²) in [5.74, 6) is -2.21. The van der Waals surface area contributed by atoms with Crippen molar-refractivity contribution in [2.75, 3.05) is 0 Å². The Balaban J connectivity index is 2.06. The van der Waals surface area contributed by atoms with E-state index in [-0.39, 0.29) is 12.0 Å². The van der Waals surface area contributed by atoms with Gasteiger partial charge in [0.05, 0.1) is 5.69 Å². The molecule has 1 aromatic heterocycles. The van der Waals surface area contributed by atoms with Crippen molar-refractivity contribution >= 4 is 39.2 Å². The first-order chi connectivity index (χ1) is 11.8. The summed E-state index contributed by atoms with van der Waals surface area (Å²) in [7, 11) is 0. The molecule has 0 bridgehead atoms. The molecule has 1 aromatic carbocycles. The molecule has 1 atom stereocenters. The molecule has 1 aliphatic carbocycles. The summed E-state index contributed by atoms with van der Waals surface area (Å²) in [6.07, 6.45) is 2.97. The fraction of sp³-hybridized carbons (Fsp3) is 0.167. The van der Waals surface area contributed by atoms with Crippen molar-refractivity contribution in [3.63, 3.8) is 0 Å². The number of carbonyl (C=O) groups is 2. The van der Waals surface area contributed by atoms with Gasteiger partial charge in [-0.05, 0) is 25.1 Å². The Morgan fingerprint density at radius 2 is 1.92 bits per heavy atom. The van der Waals surface area contributed by atoms with Crippen molar-refractivity contribution in [1.82, 2.24) is 4.98 Å². The Morgan fingerprint density at radius 1 is 1.24 bits per heavy atom. The summed E-state index contributed by atoms with van der Waals surface area (Å²) in [6.45, 7) is 1.70. The Hall–Kier alpha value is -2.25. The molecule has 0 fully saturated rings. The van der Waals surface area contributed by atoms with Crippen LogP contribution in [0.3, 0.4) is 0 Å². The largest absolute Gasteiger partial charge is 0.480 e. The van der Waals surface area contributed by atoms with Crippen LogP contribution in [0, 0.1) is 0 Å². The average molecular weight is 420 g/mol. The lowest BCUT2D eigenvalue weighted by atomic mass is 9.76. The molecule has 3 rings (SSSR count). The smallest absolute Gasteiger partial charge is 0.331 e. The molecule has 0 spiro atoms. The SMILES string of the molecule is CC1=CC(C(=O)O)(c2nc(-c3ccc(Br)cc3)cs2)CC(C(=O)O)=C1. The molecule has 2 N–H and O–H groups in total. The molecule has 0 radical (unpaired) electrons. The minimum absolute atomic E-state index is 0.0720. The van der Waals surface area contributed by atoms with Crippen LogP contribution in [0.4, 0.5) is 0 Å². The molecular formula is C18H14BrNO4S. The summed E-state index contributed by atoms with van der Waals surface area (Å²) < 4.78 is 0.941. The number of hydrogen-bond acceptors (Lipinski definition) is 4. The normalized spacial score (nSPS) is 19.9. The number of carboxylic acids is 2. The van der Waals surface area contributed by atoms with E-state index in [1.54, 1.807) is 18.4 Å². The van der Waals surface area contributed by atoms with E-state index < -0.39 is 17.4 Å². The summed E-state index contributed by atoms with van der Waals surface area (Å²) in [5.41, 5.74) is 0.766. The average Bonchev–Trinajstić information content (AvgIpc) is 3.05. The van der Waals surface area contributed by atoms with E-state index in [0.717, 1.165) is 10.0 Å². The zero-order valence-electron chi connectivity index (χ0n) is 13.2. The maximum Gasteiger partial charge on any atom is 0.331 e. The molecule has 0 aliphatic heterocycles. The quantitative estimate of drug-likeness (QED) is 0.772. The lowest BCUT2D eigenvalue weighted by Gasteiger charge is -2.27. The number of aromatic nitrogens is 1. The molecule has 5 nitrogen and oxygen atoms in total. The Morgan fingerprint density at radius 3 is 2.52 bits per heavy atom. The van der Waals surface area contributed by atoms with Crippen LogP contribution >= 0.6 is 27.3 Å². The van der Waals surface area contributed by atoms with Crippen molar-refractivity contribution in [2.24, 2.45) is 0 Å². The van der Waals surface area contributed by atoms with E-state index in [2.05, 4.69) is 20.9 Å². The number of carboxylic acid groups (broad SMARTS) is 2. The van der Waals surface area contributed by atoms with Gasteiger partial charge in [0.2, 0.25) is 0 Å². The van der Waals surface area contributed by atoms with Crippen molar-refractivity contribution in [1.29, 1.82) is 0 Å². The third-order valence-corrected chi connectivity index (χ3v) is 5.58. The fourth-order valence-electron chi connectivity index (χ4n) is 2.84. The highest BCUT2D eigenvalue weighted by atomic mass is 79.9. The highest BCUT2D eigenvalue weighted by molar-refractivity contribution is 9.10. The molecule has 1 unspecified atom stereocenters. The highest BCUT2D eigenvalue weighted by Gasteiger charge is 2.44. The van der Waals surface area contributed by atoms with Gasteiger partial charge >= 0.3 is 11.9 Å². The number of thiazole rings is 1. The fourth-order valence-corrected chi connectivity index (χ4v) is 4.10. The molecule has 0 amide bonds. The van der Waals surface area contributed by atoms with Crippen LogP contribution in [0.15, 0.2) is 57.4 Å². The summed E-state index contributed by atoms with van der Waals surface area (Å²) >= 11 is 4.60. The van der Waals surface area contributed by atoms with Crippen LogP contribution in [-0.2, 0) is 15.0 Å². The molecule has 1 aliphatic rings. The molecule has 0 saturated heterocycles. The maximum absolute atomic E-state index is 12.1. The van der Waals surface area contributed by atoms with Gasteiger partial charge in [-0.2, -0.15) is 0 Å². The van der Waals surface area contributed by atoms with Crippen LogP contribution in [0.2, 0.25) is 0 Å². The van der Waals surface area contributed by atoms with Crippen molar-refractivity contribution in [3.05, 3.63) is 62.4 Å². The van der Waals surface area contributed by atoms with E-state index in [1.165, 1.54) is 17.4 Å². The molecule has 128 valence electrons. The standard InChI is InChI=1S/C18H14BrNO4S/c1-10-6-12(15(21)22)8-18(7-10,17(23)24)16-20-14(9-25-16)11-2-4-13(19)5-3-11/h2-7,9H,8H2,1H3,(H,21,22)(H,23,24). The molecule has 0 saturated carbocycles. The Labute approximate surface area is 156 Å². The predicted molar refractivity (Wildman–Crippen MR) is 98.7 cm³/mol. The number of hydrogen-bond donors (Lipinski definition) is 2. The predicted octanol–water partition coefficient (Wildman–Crippen LogP) is 4.26. The summed E-state index contributed by atoms with van der Waals surface area (Å²) in [6, 6.07) is 7.55. The zero-order valence-corrected chi connectivity index (χ0v) is 15.6. The maximum atomic E-state index is 12.1. The summed E-state index contributed by atoms with van der Waals surface area (Å²) in [5, 5.41) is 21.4. The summed E-state index contributed by atoms with van der Waals surface area (Å²) in [4.78, 5) is 28.0. The van der Waals surface area contributed by atoms with E-state index >= 15 is 0 Å². The minimum atomic E-state index is -1.45. The first-order valence-electron chi connectivity index (χ1n) is 7.40. The van der Waals surface area contributed by atoms with E-state index in [0.29, 0.717) is 16.3 Å². The van der Waals surface area contributed by atoms with E-state index in [1.807, 2.05) is 24.3 Å². The van der Waals surface area contributed by atoms with Gasteiger partial charge in [0.15, 0.2) is 0 Å². The lowest BCUT2D eigenvalue weighted by molar-refractivity contribution is -0.142. The second kappa shape index (κ2) is 6.57. The number of benzene rings is 1. The van der Waals surface area contributed by atoms with Gasteiger partial charge in [-0.25, -0.2) is 9.78 Å². The Kier molecular flexibility index (Phi) is 4.62. The molecule has 7 heteroatoms. The van der Waals surface area contributed by atoms with Crippen LogP contribution in [0.25, 0.3) is 11.3 Å². The molecule has 25 heavy (non-hydrogen) atoms. The second-order valence-electron chi connectivity index (χ2n) is 5.86. The van der Waals surface area contributed by atoms with Crippen molar-refractivity contribution in [2.45, 2.75) is 18.8 Å². The van der Waals surface area contributed by atoms with Crippen LogP contribution in [0.1, 0.15) is 18.4 Å². The first kappa shape index (κ1) is 17.6. The number of halogens is 1. The molecule has 1 heterocycles. The number of rotatable bonds is 4. The van der Waals surface area contributed by atoms with Gasteiger partial charge in [0, 0.05) is 27.4 Å². The lowest BCUT2D eigenvalue weighted by Crippen LogP contribution is -2.37. The number of nitrogens with zero attached hydrogens (tertiary/aromatic N) is 1. The van der Waals surface area contributed by atoms with Gasteiger partial charge in [0.1, 0.15) is 10.4 Å². The van der Waals surface area contributed by atoms with Gasteiger partial charge in [-0.3, -0.25) is 4.79 Å². The van der Waals surface area contributed by atoms with Crippen molar-refractivity contribution in [3.8, 4) is 11.3 Å². The molecular weight excluding hydrogens is 406 g/mol. The zero-order chi connectivity index (χ0) is 18.2. The molecule has 2 aromatic rings. The van der Waals surface area contributed by atoms with E-state index in [4.69, 9.17) is 0 Å². The third-order valence-electron chi connectivity index (χ3n) is 4.03. The van der Waals surface area contributed by atoms with Crippen molar-refractivity contribution < 1.29 is 19.8 Å². The minimum Gasteiger partial charge on any atom is -0.480 e. The number of allylic oxidation sites excluding steroid dienone is 2.